The molecular formula is C33H78BN3O3. The summed E-state index contributed by atoms with van der Waals surface area (Å²) in [6, 6.07) is 0. The van der Waals surface area contributed by atoms with E-state index in [9.17, 15) is 0 Å². The molecule has 0 amide bonds. The van der Waals surface area contributed by atoms with Crippen molar-refractivity contribution in [2.24, 2.45) is 0 Å². The molecule has 0 spiro atoms. The number of hydrogen-bond acceptors (Lipinski definition) is 3. The number of hydrogen-bond donors (Lipinski definition) is 0. The summed E-state index contributed by atoms with van der Waals surface area (Å²) >= 11 is 0. The monoisotopic (exact) mass is 576 g/mol. The summed E-state index contributed by atoms with van der Waals surface area (Å²) < 4.78 is 3.49. The Balaban J connectivity index is -0.000000227. The third kappa shape index (κ3) is 15.9. The van der Waals surface area contributed by atoms with Crippen molar-refractivity contribution in [1.29, 1.82) is 0 Å². The molecule has 0 saturated carbocycles. The fraction of sp³-hybridized carbons (Fsp3) is 1.00. The summed E-state index contributed by atoms with van der Waals surface area (Å²) in [6.07, 6.45) is 11.5. The minimum Gasteiger partial charge on any atom is -0.907 e. The average molecular weight is 576 g/mol. The predicted molar refractivity (Wildman–Crippen MR) is 175 cm³/mol. The molecule has 0 bridgehead atoms. The van der Waals surface area contributed by atoms with Crippen molar-refractivity contribution in [3.05, 3.63) is 0 Å². The lowest BCUT2D eigenvalue weighted by molar-refractivity contribution is -0.940. The first-order valence-electron chi connectivity index (χ1n) is 16.5. The summed E-state index contributed by atoms with van der Waals surface area (Å²) in [6.45, 7) is 31.7. The Kier molecular flexibility index (Phi) is 25.1. The maximum atomic E-state index is 8.42. The molecule has 0 fully saturated rings. The molecule has 0 atom stereocenters. The van der Waals surface area contributed by atoms with Crippen molar-refractivity contribution >= 4 is 7.32 Å². The van der Waals surface area contributed by atoms with Gasteiger partial charge in [-0.2, -0.15) is 0 Å². The first-order valence-corrected chi connectivity index (χ1v) is 16.5. The second-order valence-corrected chi connectivity index (χ2v) is 14.1. The fourth-order valence-corrected chi connectivity index (χ4v) is 5.80. The van der Waals surface area contributed by atoms with Gasteiger partial charge < -0.3 is 28.5 Å². The average Bonchev–Trinajstić information content (AvgIpc) is 2.87. The molecule has 0 aromatic rings. The second-order valence-electron chi connectivity index (χ2n) is 14.1. The van der Waals surface area contributed by atoms with E-state index in [1.807, 2.05) is 0 Å². The van der Waals surface area contributed by atoms with E-state index in [1.165, 1.54) is 77.4 Å². The highest BCUT2D eigenvalue weighted by Crippen LogP contribution is 2.29. The van der Waals surface area contributed by atoms with Crippen molar-refractivity contribution < 1.29 is 28.5 Å². The van der Waals surface area contributed by atoms with Crippen LogP contribution in [0, 0.1) is 0 Å². The lowest BCUT2D eigenvalue weighted by Crippen LogP contribution is -2.57. The van der Waals surface area contributed by atoms with Gasteiger partial charge in [0, 0.05) is 0 Å². The zero-order valence-electron chi connectivity index (χ0n) is 31.1. The molecule has 0 aliphatic carbocycles. The van der Waals surface area contributed by atoms with E-state index in [2.05, 4.69) is 125 Å². The molecule has 0 saturated heterocycles. The van der Waals surface area contributed by atoms with Crippen LogP contribution in [0.15, 0.2) is 0 Å². The smallest absolute Gasteiger partial charge is 0.0954 e. The Labute approximate surface area is 255 Å². The van der Waals surface area contributed by atoms with E-state index in [0.29, 0.717) is 16.6 Å². The van der Waals surface area contributed by atoms with Crippen LogP contribution in [0.2, 0.25) is 0 Å². The number of quaternary nitrogens is 3. The highest BCUT2D eigenvalue weighted by Gasteiger charge is 2.38. The van der Waals surface area contributed by atoms with Gasteiger partial charge in [0.1, 0.15) is 0 Å². The van der Waals surface area contributed by atoms with Crippen molar-refractivity contribution in [1.82, 2.24) is 0 Å². The second kappa shape index (κ2) is 21.5. The molecule has 40 heavy (non-hydrogen) atoms. The SMILES string of the molecule is CCC[N+](C)(C)C(C)(CC)CC.CCC[N+](C)(C)C(C)(CC)CC.CCC[N+](C)(C)C(C)(CC)CC.[O-]B([O-])[O-]. The van der Waals surface area contributed by atoms with Gasteiger partial charge in [-0.05, 0) is 78.6 Å². The van der Waals surface area contributed by atoms with Crippen molar-refractivity contribution in [2.75, 3.05) is 61.9 Å². The maximum absolute atomic E-state index is 8.42. The summed E-state index contributed by atoms with van der Waals surface area (Å²) in [4.78, 5) is 0. The van der Waals surface area contributed by atoms with Crippen LogP contribution in [0.4, 0.5) is 0 Å². The van der Waals surface area contributed by atoms with Crippen LogP contribution in [0.1, 0.15) is 141 Å². The molecule has 0 aliphatic rings. The molecule has 0 N–H and O–H groups in total. The van der Waals surface area contributed by atoms with Gasteiger partial charge >= 0.3 is 0 Å². The first kappa shape index (κ1) is 46.8. The van der Waals surface area contributed by atoms with Crippen LogP contribution in [-0.2, 0) is 0 Å². The van der Waals surface area contributed by atoms with Gasteiger partial charge in [0.25, 0.3) is 0 Å². The number of nitrogens with zero attached hydrogens (tertiary/aromatic N) is 3. The van der Waals surface area contributed by atoms with E-state index in [-0.39, 0.29) is 0 Å². The number of rotatable bonds is 15. The molecule has 0 heterocycles. The Hall–Kier alpha value is -0.175. The Bertz CT molecular complexity index is 505. The fourth-order valence-electron chi connectivity index (χ4n) is 5.80. The first-order chi connectivity index (χ1) is 18.0. The molecule has 6 nitrogen and oxygen atoms in total. The van der Waals surface area contributed by atoms with Crippen molar-refractivity contribution in [2.45, 2.75) is 157 Å². The third-order valence-electron chi connectivity index (χ3n) is 11.3. The molecule has 7 heteroatoms. The van der Waals surface area contributed by atoms with E-state index in [4.69, 9.17) is 15.1 Å². The van der Waals surface area contributed by atoms with Crippen LogP contribution in [0.25, 0.3) is 0 Å². The van der Waals surface area contributed by atoms with Crippen LogP contribution >= 0.6 is 0 Å². The van der Waals surface area contributed by atoms with Crippen LogP contribution < -0.4 is 15.1 Å². The summed E-state index contributed by atoms with van der Waals surface area (Å²) in [5.41, 5.74) is 1.40. The van der Waals surface area contributed by atoms with Crippen molar-refractivity contribution in [3.63, 3.8) is 0 Å². The largest absolute Gasteiger partial charge is 0.907 e. The minimum absolute atomic E-state index is 0.468. The summed E-state index contributed by atoms with van der Waals surface area (Å²) in [7, 11) is 11.2. The topological polar surface area (TPSA) is 69.2 Å². The molecule has 246 valence electrons. The van der Waals surface area contributed by atoms with Crippen LogP contribution in [-0.4, -0.2) is 99.3 Å². The normalized spacial score (nSPS) is 12.8. The zero-order chi connectivity index (χ0) is 33.1. The summed E-state index contributed by atoms with van der Waals surface area (Å²) in [5, 5.41) is 25.2. The Morgan fingerprint density at radius 1 is 0.400 bits per heavy atom. The van der Waals surface area contributed by atoms with Gasteiger partial charge in [-0.3, -0.25) is 7.32 Å². The summed E-state index contributed by atoms with van der Waals surface area (Å²) in [5.74, 6) is 0. The van der Waals surface area contributed by atoms with Gasteiger partial charge in [0.05, 0.1) is 78.5 Å². The lowest BCUT2D eigenvalue weighted by atomic mass is 9.91. The van der Waals surface area contributed by atoms with E-state index in [1.54, 1.807) is 0 Å². The maximum Gasteiger partial charge on any atom is 0.0954 e. The highest BCUT2D eigenvalue weighted by molar-refractivity contribution is 6.24. The zero-order valence-corrected chi connectivity index (χ0v) is 31.1. The van der Waals surface area contributed by atoms with Gasteiger partial charge in [-0.1, -0.05) is 62.3 Å². The molecule has 0 radical (unpaired) electrons. The minimum atomic E-state index is -2.92. The standard InChI is InChI=1S/3C11H26N.BO3/c3*1-7-10-12(5,6)11(4,8-2)9-3;2-1(3)4/h3*7-10H2,1-6H3;/q3*+1;-3. The van der Waals surface area contributed by atoms with Crippen LogP contribution in [0.5, 0.6) is 0 Å². The lowest BCUT2D eigenvalue weighted by Gasteiger charge is -2.46. The molecule has 0 aromatic carbocycles. The van der Waals surface area contributed by atoms with Crippen molar-refractivity contribution in [3.8, 4) is 0 Å². The Morgan fingerprint density at radius 2 is 0.525 bits per heavy atom. The van der Waals surface area contributed by atoms with Gasteiger partial charge in [0.15, 0.2) is 0 Å². The van der Waals surface area contributed by atoms with Gasteiger partial charge in [-0.15, -0.1) is 0 Å². The molecule has 0 aromatic heterocycles. The predicted octanol–water partition coefficient (Wildman–Crippen LogP) is 5.21. The van der Waals surface area contributed by atoms with Gasteiger partial charge in [-0.25, -0.2) is 0 Å². The quantitative estimate of drug-likeness (QED) is 0.199. The van der Waals surface area contributed by atoms with E-state index < -0.39 is 7.32 Å². The molecular weight excluding hydrogens is 497 g/mol. The van der Waals surface area contributed by atoms with Gasteiger partial charge in [0.2, 0.25) is 0 Å². The molecule has 0 aliphatic heterocycles. The van der Waals surface area contributed by atoms with E-state index >= 15 is 0 Å². The van der Waals surface area contributed by atoms with Crippen LogP contribution in [0.3, 0.4) is 0 Å². The third-order valence-corrected chi connectivity index (χ3v) is 11.3. The molecule has 0 unspecified atom stereocenters. The molecule has 0 rings (SSSR count). The highest BCUT2D eigenvalue weighted by atomic mass is 16.5. The Morgan fingerprint density at radius 3 is 0.600 bits per heavy atom. The van der Waals surface area contributed by atoms with E-state index in [0.717, 1.165) is 13.4 Å².